The van der Waals surface area contributed by atoms with Crippen molar-refractivity contribution < 1.29 is 13.9 Å². The number of benzene rings is 1. The fraction of sp³-hybridized carbons (Fsp3) is 0.250. The first kappa shape index (κ1) is 14.5. The van der Waals surface area contributed by atoms with Crippen LogP contribution in [0.3, 0.4) is 0 Å². The Balaban J connectivity index is 2.07. The van der Waals surface area contributed by atoms with Crippen molar-refractivity contribution in [2.45, 2.75) is 26.5 Å². The number of furan rings is 1. The van der Waals surface area contributed by atoms with Crippen molar-refractivity contribution in [3.63, 3.8) is 0 Å². The average molecular weight is 301 g/mol. The smallest absolute Gasteiger partial charge is 0.195 e. The first-order valence-electron chi connectivity index (χ1n) is 7.01. The third kappa shape index (κ3) is 2.65. The Morgan fingerprint density at radius 3 is 2.50 bits per heavy atom. The summed E-state index contributed by atoms with van der Waals surface area (Å²) in [4.78, 5) is 4.50. The largest absolute Gasteiger partial charge is 0.455 e. The normalized spacial score (nSPS) is 11.3. The van der Waals surface area contributed by atoms with Crippen LogP contribution in [-0.2, 0) is 6.61 Å². The van der Waals surface area contributed by atoms with Gasteiger partial charge in [-0.05, 0) is 50.2 Å². The molecule has 1 aromatic carbocycles. The highest BCUT2D eigenvalue weighted by Gasteiger charge is 2.18. The number of rotatable bonds is 4. The second-order valence-electron chi connectivity index (χ2n) is 5.23. The van der Waals surface area contributed by atoms with E-state index in [9.17, 15) is 4.39 Å². The molecule has 0 spiro atoms. The maximum absolute atomic E-state index is 13.0. The molecule has 2 heterocycles. The van der Waals surface area contributed by atoms with Crippen LogP contribution in [0.4, 0.5) is 4.39 Å². The first-order valence-corrected chi connectivity index (χ1v) is 7.01. The van der Waals surface area contributed by atoms with E-state index in [-0.39, 0.29) is 18.5 Å². The van der Waals surface area contributed by atoms with E-state index in [1.54, 1.807) is 28.9 Å². The number of hydrogen-bond acceptors (Lipinski definition) is 4. The van der Waals surface area contributed by atoms with E-state index in [0.717, 1.165) is 5.56 Å². The summed E-state index contributed by atoms with van der Waals surface area (Å²) in [6, 6.07) is 9.57. The molecule has 0 aliphatic heterocycles. The highest BCUT2D eigenvalue weighted by Crippen LogP contribution is 2.26. The zero-order valence-electron chi connectivity index (χ0n) is 12.3. The zero-order chi connectivity index (χ0) is 15.7. The molecule has 0 amide bonds. The van der Waals surface area contributed by atoms with Gasteiger partial charge in [0.25, 0.3) is 0 Å². The van der Waals surface area contributed by atoms with Gasteiger partial charge in [-0.1, -0.05) is 0 Å². The molecule has 114 valence electrons. The van der Waals surface area contributed by atoms with Crippen LogP contribution in [0.1, 0.15) is 25.6 Å². The predicted molar refractivity (Wildman–Crippen MR) is 79.4 cm³/mol. The summed E-state index contributed by atoms with van der Waals surface area (Å²) in [5.74, 6) is 1.79. The lowest BCUT2D eigenvalue weighted by Crippen LogP contribution is -2.04. The molecule has 3 aromatic rings. The Labute approximate surface area is 127 Å². The number of aliphatic hydroxyl groups excluding tert-OH is 1. The highest BCUT2D eigenvalue weighted by molar-refractivity contribution is 5.59. The van der Waals surface area contributed by atoms with Gasteiger partial charge in [0.2, 0.25) is 0 Å². The standard InChI is InChI=1S/C16H16FN3O2/c1-10(2)20-16(14-8-7-13(9-21)22-14)18-15(19-20)11-3-5-12(17)6-4-11/h3-8,10,21H,9H2,1-2H3. The van der Waals surface area contributed by atoms with Gasteiger partial charge in [0.15, 0.2) is 17.4 Å². The molecule has 0 saturated heterocycles. The van der Waals surface area contributed by atoms with Crippen LogP contribution < -0.4 is 0 Å². The van der Waals surface area contributed by atoms with Crippen molar-refractivity contribution in [3.8, 4) is 23.0 Å². The summed E-state index contributed by atoms with van der Waals surface area (Å²) in [5.41, 5.74) is 0.732. The zero-order valence-corrected chi connectivity index (χ0v) is 12.3. The van der Waals surface area contributed by atoms with Gasteiger partial charge in [-0.2, -0.15) is 5.10 Å². The molecule has 5 nitrogen and oxygen atoms in total. The number of hydrogen-bond donors (Lipinski definition) is 1. The summed E-state index contributed by atoms with van der Waals surface area (Å²) in [6.45, 7) is 3.81. The molecule has 1 N–H and O–H groups in total. The molecular formula is C16H16FN3O2. The SMILES string of the molecule is CC(C)n1nc(-c2ccc(F)cc2)nc1-c1ccc(CO)o1. The monoisotopic (exact) mass is 301 g/mol. The van der Waals surface area contributed by atoms with Crippen molar-refractivity contribution in [3.05, 3.63) is 48.0 Å². The molecule has 6 heteroatoms. The first-order chi connectivity index (χ1) is 10.6. The lowest BCUT2D eigenvalue weighted by Gasteiger charge is -2.06. The van der Waals surface area contributed by atoms with Gasteiger partial charge in [-0.25, -0.2) is 14.1 Å². The van der Waals surface area contributed by atoms with Gasteiger partial charge >= 0.3 is 0 Å². The minimum absolute atomic E-state index is 0.0828. The molecule has 0 bridgehead atoms. The van der Waals surface area contributed by atoms with Gasteiger partial charge in [-0.3, -0.25) is 0 Å². The number of halogens is 1. The highest BCUT2D eigenvalue weighted by atomic mass is 19.1. The van der Waals surface area contributed by atoms with E-state index in [1.165, 1.54) is 12.1 Å². The van der Waals surface area contributed by atoms with Gasteiger partial charge in [0.05, 0.1) is 0 Å². The van der Waals surface area contributed by atoms with Crippen molar-refractivity contribution in [2.75, 3.05) is 0 Å². The van der Waals surface area contributed by atoms with Crippen LogP contribution in [0.5, 0.6) is 0 Å². The number of aliphatic hydroxyl groups is 1. The van der Waals surface area contributed by atoms with Crippen LogP contribution in [0.25, 0.3) is 23.0 Å². The van der Waals surface area contributed by atoms with Crippen molar-refractivity contribution in [1.29, 1.82) is 0 Å². The second kappa shape index (κ2) is 5.73. The molecule has 3 rings (SSSR count). The summed E-state index contributed by atoms with van der Waals surface area (Å²) in [7, 11) is 0. The third-order valence-corrected chi connectivity index (χ3v) is 3.26. The van der Waals surface area contributed by atoms with E-state index < -0.39 is 0 Å². The molecule has 0 radical (unpaired) electrons. The maximum Gasteiger partial charge on any atom is 0.195 e. The topological polar surface area (TPSA) is 64.1 Å². The van der Waals surface area contributed by atoms with Crippen LogP contribution in [-0.4, -0.2) is 19.9 Å². The number of aromatic nitrogens is 3. The minimum atomic E-state index is -0.300. The Morgan fingerprint density at radius 1 is 1.18 bits per heavy atom. The molecule has 22 heavy (non-hydrogen) atoms. The van der Waals surface area contributed by atoms with Crippen molar-refractivity contribution >= 4 is 0 Å². The average Bonchev–Trinajstić information content (AvgIpc) is 3.14. The molecule has 0 unspecified atom stereocenters. The summed E-state index contributed by atoms with van der Waals surface area (Å²) >= 11 is 0. The van der Waals surface area contributed by atoms with Crippen LogP contribution >= 0.6 is 0 Å². The second-order valence-corrected chi connectivity index (χ2v) is 5.23. The lowest BCUT2D eigenvalue weighted by molar-refractivity contribution is 0.248. The quantitative estimate of drug-likeness (QED) is 0.802. The molecule has 0 aliphatic rings. The van der Waals surface area contributed by atoms with Gasteiger partial charge in [-0.15, -0.1) is 0 Å². The Bertz CT molecular complexity index is 775. The molecular weight excluding hydrogens is 285 g/mol. The van der Waals surface area contributed by atoms with Crippen LogP contribution in [0.15, 0.2) is 40.8 Å². The summed E-state index contributed by atoms with van der Waals surface area (Å²) in [5, 5.41) is 13.6. The number of nitrogens with zero attached hydrogens (tertiary/aromatic N) is 3. The predicted octanol–water partition coefficient (Wildman–Crippen LogP) is 3.42. The fourth-order valence-corrected chi connectivity index (χ4v) is 2.16. The molecule has 0 fully saturated rings. The third-order valence-electron chi connectivity index (χ3n) is 3.26. The van der Waals surface area contributed by atoms with E-state index in [1.807, 2.05) is 13.8 Å². The Morgan fingerprint density at radius 2 is 1.91 bits per heavy atom. The fourth-order valence-electron chi connectivity index (χ4n) is 2.16. The van der Waals surface area contributed by atoms with Gasteiger partial charge < -0.3 is 9.52 Å². The van der Waals surface area contributed by atoms with E-state index in [0.29, 0.717) is 23.2 Å². The lowest BCUT2D eigenvalue weighted by atomic mass is 10.2. The summed E-state index contributed by atoms with van der Waals surface area (Å²) < 4.78 is 20.3. The van der Waals surface area contributed by atoms with E-state index in [2.05, 4.69) is 10.1 Å². The molecule has 0 atom stereocenters. The maximum atomic E-state index is 13.0. The molecule has 0 saturated carbocycles. The van der Waals surface area contributed by atoms with E-state index >= 15 is 0 Å². The van der Waals surface area contributed by atoms with Gasteiger partial charge in [0.1, 0.15) is 18.2 Å². The van der Waals surface area contributed by atoms with Crippen LogP contribution in [0, 0.1) is 5.82 Å². The Hall–Kier alpha value is -2.47. The summed E-state index contributed by atoms with van der Waals surface area (Å²) in [6.07, 6.45) is 0. The Kier molecular flexibility index (Phi) is 3.77. The van der Waals surface area contributed by atoms with E-state index in [4.69, 9.17) is 9.52 Å². The minimum Gasteiger partial charge on any atom is -0.455 e. The molecule has 0 aliphatic carbocycles. The van der Waals surface area contributed by atoms with Crippen molar-refractivity contribution in [1.82, 2.24) is 14.8 Å². The van der Waals surface area contributed by atoms with Gasteiger partial charge in [0, 0.05) is 11.6 Å². The van der Waals surface area contributed by atoms with Crippen molar-refractivity contribution in [2.24, 2.45) is 0 Å². The molecule has 2 aromatic heterocycles. The van der Waals surface area contributed by atoms with Crippen LogP contribution in [0.2, 0.25) is 0 Å².